The molecule has 20 heavy (non-hydrogen) atoms. The molecule has 108 valence electrons. The molecular formula is C12H11ClF3N3S. The Hall–Kier alpha value is -1.47. The molecule has 0 bridgehead atoms. The highest BCUT2D eigenvalue weighted by atomic mass is 35.5. The quantitative estimate of drug-likeness (QED) is 0.872. The molecule has 0 amide bonds. The minimum Gasteiger partial charge on any atom is -0.373 e. The van der Waals surface area contributed by atoms with E-state index in [-0.39, 0.29) is 11.6 Å². The van der Waals surface area contributed by atoms with Crippen LogP contribution in [0.25, 0.3) is 0 Å². The van der Waals surface area contributed by atoms with Crippen LogP contribution in [0.4, 0.5) is 24.8 Å². The van der Waals surface area contributed by atoms with Gasteiger partial charge in [-0.25, -0.2) is 4.98 Å². The van der Waals surface area contributed by atoms with Crippen molar-refractivity contribution >= 4 is 34.6 Å². The molecule has 3 nitrogen and oxygen atoms in total. The predicted molar refractivity (Wildman–Crippen MR) is 75.4 cm³/mol. The molecule has 0 radical (unpaired) electrons. The SMILES string of the molecule is CNc1cc(C(F)(F)F)cc(NCc2ccc(Cl)s2)n1. The van der Waals surface area contributed by atoms with Gasteiger partial charge in [-0.2, -0.15) is 13.2 Å². The monoisotopic (exact) mass is 321 g/mol. The van der Waals surface area contributed by atoms with Gasteiger partial charge in [0.2, 0.25) is 0 Å². The highest BCUT2D eigenvalue weighted by Crippen LogP contribution is 2.32. The standard InChI is InChI=1S/C12H11ClF3N3S/c1-17-10-4-7(12(14,15)16)5-11(19-10)18-6-8-2-3-9(13)20-8/h2-5H,6H2,1H3,(H2,17,18,19). The number of anilines is 2. The first kappa shape index (κ1) is 14.9. The van der Waals surface area contributed by atoms with Gasteiger partial charge < -0.3 is 10.6 Å². The third-order valence-corrected chi connectivity index (χ3v) is 3.71. The first-order valence-electron chi connectivity index (χ1n) is 5.63. The van der Waals surface area contributed by atoms with Crippen LogP contribution in [-0.2, 0) is 12.7 Å². The van der Waals surface area contributed by atoms with Gasteiger partial charge in [0.1, 0.15) is 11.6 Å². The summed E-state index contributed by atoms with van der Waals surface area (Å²) in [4.78, 5) is 4.95. The number of pyridine rings is 1. The Morgan fingerprint density at radius 3 is 2.50 bits per heavy atom. The van der Waals surface area contributed by atoms with Gasteiger partial charge in [-0.1, -0.05) is 11.6 Å². The third-order valence-electron chi connectivity index (χ3n) is 2.48. The van der Waals surface area contributed by atoms with E-state index in [9.17, 15) is 13.2 Å². The number of hydrogen-bond donors (Lipinski definition) is 2. The molecule has 0 unspecified atom stereocenters. The Kier molecular flexibility index (Phi) is 4.39. The van der Waals surface area contributed by atoms with E-state index in [1.54, 1.807) is 6.07 Å². The van der Waals surface area contributed by atoms with Crippen molar-refractivity contribution in [1.29, 1.82) is 0 Å². The summed E-state index contributed by atoms with van der Waals surface area (Å²) < 4.78 is 38.9. The molecule has 2 aromatic heterocycles. The second-order valence-corrected chi connectivity index (χ2v) is 5.73. The fourth-order valence-corrected chi connectivity index (χ4v) is 2.56. The Morgan fingerprint density at radius 1 is 1.25 bits per heavy atom. The molecule has 0 fully saturated rings. The summed E-state index contributed by atoms with van der Waals surface area (Å²) >= 11 is 7.16. The van der Waals surface area contributed by atoms with Crippen molar-refractivity contribution in [2.45, 2.75) is 12.7 Å². The van der Waals surface area contributed by atoms with E-state index in [1.807, 2.05) is 6.07 Å². The predicted octanol–water partition coefficient (Wildman–Crippen LogP) is 4.47. The summed E-state index contributed by atoms with van der Waals surface area (Å²) in [7, 11) is 1.52. The van der Waals surface area contributed by atoms with Crippen LogP contribution < -0.4 is 10.6 Å². The van der Waals surface area contributed by atoms with E-state index in [4.69, 9.17) is 11.6 Å². The molecule has 0 aliphatic heterocycles. The summed E-state index contributed by atoms with van der Waals surface area (Å²) in [5.41, 5.74) is -0.747. The Balaban J connectivity index is 2.18. The maximum Gasteiger partial charge on any atom is 0.416 e. The smallest absolute Gasteiger partial charge is 0.373 e. The molecule has 0 saturated carbocycles. The number of nitrogens with one attached hydrogen (secondary N) is 2. The molecule has 2 rings (SSSR count). The molecule has 0 aliphatic carbocycles. The van der Waals surface area contributed by atoms with Crippen molar-refractivity contribution in [2.24, 2.45) is 0 Å². The highest BCUT2D eigenvalue weighted by molar-refractivity contribution is 7.16. The molecule has 0 aromatic carbocycles. The first-order valence-corrected chi connectivity index (χ1v) is 6.83. The minimum absolute atomic E-state index is 0.159. The number of halogens is 4. The van der Waals surface area contributed by atoms with Crippen molar-refractivity contribution in [3.05, 3.63) is 39.0 Å². The molecule has 2 heterocycles. The average molecular weight is 322 g/mol. The Morgan fingerprint density at radius 2 is 1.95 bits per heavy atom. The molecular weight excluding hydrogens is 311 g/mol. The van der Waals surface area contributed by atoms with Crippen molar-refractivity contribution < 1.29 is 13.2 Å². The van der Waals surface area contributed by atoms with E-state index in [0.717, 1.165) is 17.0 Å². The van der Waals surface area contributed by atoms with Gasteiger partial charge >= 0.3 is 6.18 Å². The highest BCUT2D eigenvalue weighted by Gasteiger charge is 2.31. The lowest BCUT2D eigenvalue weighted by Gasteiger charge is -2.12. The summed E-state index contributed by atoms with van der Waals surface area (Å²) in [5, 5.41) is 5.47. The summed E-state index contributed by atoms with van der Waals surface area (Å²) in [6.45, 7) is 0.370. The first-order chi connectivity index (χ1) is 9.38. The van der Waals surface area contributed by atoms with Gasteiger partial charge in [0.15, 0.2) is 0 Å². The Labute approximate surface area is 122 Å². The van der Waals surface area contributed by atoms with Crippen LogP contribution in [0.2, 0.25) is 4.34 Å². The van der Waals surface area contributed by atoms with Crippen LogP contribution in [0.5, 0.6) is 0 Å². The van der Waals surface area contributed by atoms with E-state index < -0.39 is 11.7 Å². The Bertz CT molecular complexity index is 598. The van der Waals surface area contributed by atoms with Gasteiger partial charge in [0, 0.05) is 11.9 Å². The number of alkyl halides is 3. The van der Waals surface area contributed by atoms with Crippen molar-refractivity contribution in [3.63, 3.8) is 0 Å². The van der Waals surface area contributed by atoms with Gasteiger partial charge in [-0.3, -0.25) is 0 Å². The van der Waals surface area contributed by atoms with Gasteiger partial charge in [-0.05, 0) is 24.3 Å². The van der Waals surface area contributed by atoms with Crippen molar-refractivity contribution in [2.75, 3.05) is 17.7 Å². The van der Waals surface area contributed by atoms with Gasteiger partial charge in [-0.15, -0.1) is 11.3 Å². The number of hydrogen-bond acceptors (Lipinski definition) is 4. The number of rotatable bonds is 4. The molecule has 8 heteroatoms. The molecule has 2 aromatic rings. The summed E-state index contributed by atoms with van der Waals surface area (Å²) in [6, 6.07) is 5.50. The number of thiophene rings is 1. The topological polar surface area (TPSA) is 37.0 Å². The third kappa shape index (κ3) is 3.77. The van der Waals surface area contributed by atoms with Crippen LogP contribution in [-0.4, -0.2) is 12.0 Å². The molecule has 2 N–H and O–H groups in total. The van der Waals surface area contributed by atoms with E-state index in [1.165, 1.54) is 18.4 Å². The van der Waals surface area contributed by atoms with E-state index in [2.05, 4.69) is 15.6 Å². The lowest BCUT2D eigenvalue weighted by atomic mass is 10.2. The normalized spacial score (nSPS) is 11.4. The zero-order valence-corrected chi connectivity index (χ0v) is 12.0. The van der Waals surface area contributed by atoms with Crippen LogP contribution in [0, 0.1) is 0 Å². The van der Waals surface area contributed by atoms with Crippen LogP contribution in [0.3, 0.4) is 0 Å². The number of nitrogens with zero attached hydrogens (tertiary/aromatic N) is 1. The van der Waals surface area contributed by atoms with E-state index in [0.29, 0.717) is 10.9 Å². The zero-order valence-electron chi connectivity index (χ0n) is 10.4. The average Bonchev–Trinajstić information content (AvgIpc) is 2.81. The number of aromatic nitrogens is 1. The summed E-state index contributed by atoms with van der Waals surface area (Å²) in [5.74, 6) is 0.320. The summed E-state index contributed by atoms with van der Waals surface area (Å²) in [6.07, 6.45) is -4.41. The van der Waals surface area contributed by atoms with Crippen LogP contribution in [0.15, 0.2) is 24.3 Å². The van der Waals surface area contributed by atoms with Crippen LogP contribution >= 0.6 is 22.9 Å². The lowest BCUT2D eigenvalue weighted by molar-refractivity contribution is -0.137. The molecule has 0 aliphatic rings. The van der Waals surface area contributed by atoms with Crippen molar-refractivity contribution in [1.82, 2.24) is 4.98 Å². The largest absolute Gasteiger partial charge is 0.416 e. The zero-order chi connectivity index (χ0) is 14.8. The molecule has 0 atom stereocenters. The maximum atomic E-state index is 12.8. The lowest BCUT2D eigenvalue weighted by Crippen LogP contribution is -2.09. The fraction of sp³-hybridized carbons (Fsp3) is 0.250. The van der Waals surface area contributed by atoms with E-state index >= 15 is 0 Å². The second-order valence-electron chi connectivity index (χ2n) is 3.93. The van der Waals surface area contributed by atoms with Crippen LogP contribution in [0.1, 0.15) is 10.4 Å². The second kappa shape index (κ2) is 5.88. The maximum absolute atomic E-state index is 12.8. The molecule has 0 saturated heterocycles. The minimum atomic E-state index is -4.41. The van der Waals surface area contributed by atoms with Gasteiger partial charge in [0.25, 0.3) is 0 Å². The molecule has 0 spiro atoms. The van der Waals surface area contributed by atoms with Crippen molar-refractivity contribution in [3.8, 4) is 0 Å². The van der Waals surface area contributed by atoms with Gasteiger partial charge in [0.05, 0.1) is 16.4 Å². The fourth-order valence-electron chi connectivity index (χ4n) is 1.54.